The van der Waals surface area contributed by atoms with Crippen LogP contribution in [0.4, 0.5) is 34.1 Å². The lowest BCUT2D eigenvalue weighted by molar-refractivity contribution is -0.127. The van der Waals surface area contributed by atoms with Gasteiger partial charge in [0.25, 0.3) is 23.6 Å². The highest BCUT2D eigenvalue weighted by Crippen LogP contribution is 2.39. The zero-order valence-corrected chi connectivity index (χ0v) is 43.0. The first-order valence-corrected chi connectivity index (χ1v) is 24.2. The number of hydrogen-bond acceptors (Lipinski definition) is 12. The first-order valence-electron chi connectivity index (χ1n) is 22.0. The summed E-state index contributed by atoms with van der Waals surface area (Å²) >= 11 is 32.1. The monoisotopic (exact) mass is 1060 g/mol. The number of alkyl halides is 3. The highest BCUT2D eigenvalue weighted by atomic mass is 35.5. The van der Waals surface area contributed by atoms with Crippen LogP contribution in [0.2, 0.25) is 10.0 Å². The van der Waals surface area contributed by atoms with E-state index in [2.05, 4.69) is 41.7 Å². The molecular weight excluding hydrogens is 1020 g/mol. The summed E-state index contributed by atoms with van der Waals surface area (Å²) in [6.45, 7) is 10.1. The largest absolute Gasteiger partial charge is 0.491 e. The van der Waals surface area contributed by atoms with E-state index < -0.39 is 58.0 Å². The van der Waals surface area contributed by atoms with Crippen molar-refractivity contribution < 1.29 is 38.2 Å². The summed E-state index contributed by atoms with van der Waals surface area (Å²) in [5, 5.41) is 26.1. The third-order valence-electron chi connectivity index (χ3n) is 10.3. The van der Waals surface area contributed by atoms with Crippen molar-refractivity contribution in [1.82, 2.24) is 0 Å². The summed E-state index contributed by atoms with van der Waals surface area (Å²) < 4.78 is 11.6. The Kier molecular flexibility index (Phi) is 20.4. The first kappa shape index (κ1) is 55.5. The van der Waals surface area contributed by atoms with E-state index in [0.29, 0.717) is 52.8 Å². The zero-order chi connectivity index (χ0) is 51.9. The smallest absolute Gasteiger partial charge is 0.258 e. The van der Waals surface area contributed by atoms with Gasteiger partial charge in [-0.15, -0.1) is 34.8 Å². The van der Waals surface area contributed by atoms with Crippen LogP contribution in [-0.4, -0.2) is 66.4 Å². The van der Waals surface area contributed by atoms with E-state index in [-0.39, 0.29) is 56.2 Å². The fourth-order valence-corrected chi connectivity index (χ4v) is 7.90. The number of benzene rings is 5. The van der Waals surface area contributed by atoms with Gasteiger partial charge in [-0.25, -0.2) is 0 Å². The van der Waals surface area contributed by atoms with Gasteiger partial charge in [-0.05, 0) is 108 Å². The molecule has 0 aliphatic heterocycles. The van der Waals surface area contributed by atoms with Crippen molar-refractivity contribution in [2.24, 2.45) is 20.5 Å². The van der Waals surface area contributed by atoms with Crippen molar-refractivity contribution in [2.45, 2.75) is 70.8 Å². The van der Waals surface area contributed by atoms with Gasteiger partial charge < -0.3 is 30.7 Å². The van der Waals surface area contributed by atoms with Gasteiger partial charge in [0.05, 0.1) is 56.5 Å². The molecule has 372 valence electrons. The minimum absolute atomic E-state index is 0.00829. The number of amides is 4. The molecule has 0 saturated carbocycles. The Labute approximate surface area is 435 Å². The highest BCUT2D eigenvalue weighted by molar-refractivity contribution is 6.37. The van der Waals surface area contributed by atoms with Crippen LogP contribution in [0.3, 0.4) is 0 Å². The van der Waals surface area contributed by atoms with Gasteiger partial charge >= 0.3 is 0 Å². The predicted octanol–water partition coefficient (Wildman–Crippen LogP) is 13.0. The molecule has 0 aliphatic carbocycles. The summed E-state index contributed by atoms with van der Waals surface area (Å²) in [5.41, 5.74) is 3.08. The number of para-hydroxylation sites is 2. The molecule has 4 atom stereocenters. The number of Topliss-reactive ketones (excluding diaryl/α,β-unsaturated/α-hetero) is 2. The Morgan fingerprint density at radius 3 is 1.42 bits per heavy atom. The molecule has 16 nitrogen and oxygen atoms in total. The van der Waals surface area contributed by atoms with E-state index in [9.17, 15) is 28.8 Å². The standard InChI is InChI=1S/C50H49Cl5N8O8/c1-7-70-45-32(26(3)52)13-9-19-39(45)58-47(66)34-15-11-17-37(41(34)54)60-62-43(28(5)64)49(68)56-31-21-22-36(30(25-31)23-24-51)57-50(69)44(29(6)65)63-61-38-18-12-16-35(42(38)55)48(67)59-40-20-10-14-33(27(4)53)46(40)71-8-2/h9-22,25-27,43-44H,7-8,23-24H2,1-6H3,(H,56,68)(H,57,69)(H,58,66)(H,59,67). The molecule has 21 heteroatoms. The zero-order valence-electron chi connectivity index (χ0n) is 39.2. The number of hydrogen-bond donors (Lipinski definition) is 4. The molecule has 0 bridgehead atoms. The second-order valence-electron chi connectivity index (χ2n) is 15.5. The van der Waals surface area contributed by atoms with Crippen molar-refractivity contribution >= 4 is 127 Å². The maximum Gasteiger partial charge on any atom is 0.258 e. The van der Waals surface area contributed by atoms with Crippen LogP contribution >= 0.6 is 58.0 Å². The first-order chi connectivity index (χ1) is 33.9. The van der Waals surface area contributed by atoms with Crippen molar-refractivity contribution in [2.75, 3.05) is 40.4 Å². The van der Waals surface area contributed by atoms with Crippen molar-refractivity contribution in [3.05, 3.63) is 129 Å². The third-order valence-corrected chi connectivity index (χ3v) is 11.7. The number of carbonyl (C=O) groups is 6. The molecule has 0 heterocycles. The lowest BCUT2D eigenvalue weighted by Crippen LogP contribution is -2.32. The topological polar surface area (TPSA) is 218 Å². The summed E-state index contributed by atoms with van der Waals surface area (Å²) in [5.74, 6) is -3.27. The molecular formula is C50H49Cl5N8O8. The minimum Gasteiger partial charge on any atom is -0.491 e. The summed E-state index contributed by atoms with van der Waals surface area (Å²) in [6.07, 6.45) is 0.196. The molecule has 0 radical (unpaired) electrons. The van der Waals surface area contributed by atoms with Gasteiger partial charge in [-0.1, -0.05) is 59.6 Å². The average Bonchev–Trinajstić information content (AvgIpc) is 3.31. The molecule has 0 aliphatic rings. The lowest BCUT2D eigenvalue weighted by Gasteiger charge is -2.17. The van der Waals surface area contributed by atoms with E-state index in [4.69, 9.17) is 67.5 Å². The van der Waals surface area contributed by atoms with E-state index in [1.165, 1.54) is 54.6 Å². The number of azo groups is 2. The third kappa shape index (κ3) is 14.4. The van der Waals surface area contributed by atoms with E-state index >= 15 is 0 Å². The van der Waals surface area contributed by atoms with Crippen LogP contribution in [0.5, 0.6) is 11.5 Å². The number of carbonyl (C=O) groups excluding carboxylic acids is 6. The predicted molar refractivity (Wildman–Crippen MR) is 279 cm³/mol. The van der Waals surface area contributed by atoms with Gasteiger partial charge in [0.15, 0.2) is 11.6 Å². The maximum absolute atomic E-state index is 13.6. The molecule has 0 aromatic heterocycles. The number of rotatable bonds is 22. The number of aryl methyl sites for hydroxylation is 1. The molecule has 71 heavy (non-hydrogen) atoms. The van der Waals surface area contributed by atoms with Gasteiger partial charge in [0.1, 0.15) is 22.9 Å². The second-order valence-corrected chi connectivity index (χ2v) is 17.9. The number of ether oxygens (including phenoxy) is 2. The SMILES string of the molecule is CCOc1c(NC(=O)c2cccc(N=NC(C(C)=O)C(=O)Nc3ccc(NC(=O)C(N=Nc4cccc(C(=O)Nc5cccc(C(C)Cl)c5OCC)c4Cl)C(C)=O)c(CCCl)c3)c2Cl)cccc1C(C)Cl. The Morgan fingerprint density at radius 2 is 1.01 bits per heavy atom. The molecule has 4 unspecified atom stereocenters. The Bertz CT molecular complexity index is 2880. The number of nitrogens with one attached hydrogen (secondary N) is 4. The van der Waals surface area contributed by atoms with E-state index in [1.807, 2.05) is 0 Å². The van der Waals surface area contributed by atoms with Crippen molar-refractivity contribution in [1.29, 1.82) is 0 Å². The van der Waals surface area contributed by atoms with Gasteiger partial charge in [0.2, 0.25) is 12.1 Å². The van der Waals surface area contributed by atoms with Crippen molar-refractivity contribution in [3.8, 4) is 11.5 Å². The van der Waals surface area contributed by atoms with Crippen LogP contribution in [0.15, 0.2) is 111 Å². The molecule has 5 aromatic rings. The van der Waals surface area contributed by atoms with Crippen LogP contribution in [0.1, 0.15) is 89.7 Å². The summed E-state index contributed by atoms with van der Waals surface area (Å²) in [7, 11) is 0. The van der Waals surface area contributed by atoms with Gasteiger partial charge in [0, 0.05) is 28.4 Å². The highest BCUT2D eigenvalue weighted by Gasteiger charge is 2.27. The Morgan fingerprint density at radius 1 is 0.577 bits per heavy atom. The number of anilines is 4. The average molecular weight is 1070 g/mol. The van der Waals surface area contributed by atoms with Crippen LogP contribution in [-0.2, 0) is 25.6 Å². The normalized spacial score (nSPS) is 12.9. The number of ketones is 2. The van der Waals surface area contributed by atoms with Crippen molar-refractivity contribution in [3.63, 3.8) is 0 Å². The number of nitrogens with zero attached hydrogens (tertiary/aromatic N) is 4. The van der Waals surface area contributed by atoms with Gasteiger partial charge in [-0.3, -0.25) is 28.8 Å². The van der Waals surface area contributed by atoms with Gasteiger partial charge in [-0.2, -0.15) is 20.5 Å². The summed E-state index contributed by atoms with van der Waals surface area (Å²) in [6, 6.07) is 20.4. The molecule has 0 fully saturated rings. The maximum atomic E-state index is 13.6. The fourth-order valence-electron chi connectivity index (χ4n) is 6.86. The molecule has 0 spiro atoms. The minimum atomic E-state index is -1.64. The second kappa shape index (κ2) is 26.1. The Balaban J connectivity index is 1.29. The molecule has 5 rings (SSSR count). The quantitative estimate of drug-likeness (QED) is 0.0296. The molecule has 5 aromatic carbocycles. The summed E-state index contributed by atoms with van der Waals surface area (Å²) in [4.78, 5) is 79.6. The molecule has 0 saturated heterocycles. The van der Waals surface area contributed by atoms with Crippen LogP contribution < -0.4 is 30.7 Å². The molecule has 4 amide bonds. The Hall–Kier alpha value is -6.43. The van der Waals surface area contributed by atoms with Crippen LogP contribution in [0.25, 0.3) is 0 Å². The lowest BCUT2D eigenvalue weighted by atomic mass is 10.1. The van der Waals surface area contributed by atoms with Crippen LogP contribution in [0, 0.1) is 0 Å². The molecule has 4 N–H and O–H groups in total. The number of halogens is 5. The fraction of sp³-hybridized carbons (Fsp3) is 0.280. The van der Waals surface area contributed by atoms with E-state index in [0.717, 1.165) is 13.8 Å². The van der Waals surface area contributed by atoms with E-state index in [1.54, 1.807) is 64.1 Å².